The minimum Gasteiger partial charge on any atom is -0.333 e. The lowest BCUT2D eigenvalue weighted by Gasteiger charge is -2.16. The van der Waals surface area contributed by atoms with E-state index in [9.17, 15) is 9.65 Å². The Kier molecular flexibility index (Phi) is 2.62. The van der Waals surface area contributed by atoms with Gasteiger partial charge in [-0.1, -0.05) is 12.1 Å². The molecule has 90 valence electrons. The fraction of sp³-hybridized carbons (Fsp3) is 0.214. The van der Waals surface area contributed by atoms with Crippen molar-refractivity contribution in [3.63, 3.8) is 0 Å². The minimum atomic E-state index is -0.279. The van der Waals surface area contributed by atoms with Gasteiger partial charge in [0.2, 0.25) is 0 Å². The van der Waals surface area contributed by atoms with Crippen molar-refractivity contribution in [1.82, 2.24) is 9.88 Å². The van der Waals surface area contributed by atoms with E-state index in [1.165, 1.54) is 12.1 Å². The van der Waals surface area contributed by atoms with Crippen LogP contribution in [0.4, 0.5) is 4.39 Å². The van der Waals surface area contributed by atoms with Crippen molar-refractivity contribution in [2.24, 2.45) is 0 Å². The molecule has 0 aliphatic carbocycles. The van der Waals surface area contributed by atoms with Crippen molar-refractivity contribution in [2.75, 3.05) is 6.54 Å². The van der Waals surface area contributed by atoms with Crippen LogP contribution in [0.25, 0.3) is 11.1 Å². The zero-order chi connectivity index (χ0) is 12.5. The molecule has 0 fully saturated rings. The smallest absolute Gasteiger partial charge is 0.128 e. The standard InChI is InChI=1S/C14H12FN3/c15-11-3-1-2-10(6-11)13-7-12-9-17-4-5-18(12)14(13)8-16/h1-3,6-7,17H,4-5,9H2. The largest absolute Gasteiger partial charge is 0.333 e. The fourth-order valence-corrected chi connectivity index (χ4v) is 2.41. The highest BCUT2D eigenvalue weighted by Gasteiger charge is 2.18. The third-order valence-electron chi connectivity index (χ3n) is 3.24. The van der Waals surface area contributed by atoms with Crippen molar-refractivity contribution in [1.29, 1.82) is 5.26 Å². The fourth-order valence-electron chi connectivity index (χ4n) is 2.41. The zero-order valence-corrected chi connectivity index (χ0v) is 9.78. The van der Waals surface area contributed by atoms with Crippen LogP contribution in [0.15, 0.2) is 30.3 Å². The number of nitriles is 1. The number of halogens is 1. The van der Waals surface area contributed by atoms with Crippen molar-refractivity contribution < 1.29 is 4.39 Å². The van der Waals surface area contributed by atoms with Gasteiger partial charge in [-0.15, -0.1) is 0 Å². The van der Waals surface area contributed by atoms with Crippen molar-refractivity contribution in [2.45, 2.75) is 13.1 Å². The summed E-state index contributed by atoms with van der Waals surface area (Å²) < 4.78 is 15.3. The third-order valence-corrected chi connectivity index (χ3v) is 3.24. The molecule has 0 bridgehead atoms. The van der Waals surface area contributed by atoms with E-state index in [4.69, 9.17) is 0 Å². The number of nitrogens with zero attached hydrogens (tertiary/aromatic N) is 2. The summed E-state index contributed by atoms with van der Waals surface area (Å²) in [6, 6.07) is 10.6. The number of rotatable bonds is 1. The number of nitrogens with one attached hydrogen (secondary N) is 1. The van der Waals surface area contributed by atoms with E-state index in [0.29, 0.717) is 5.69 Å². The monoisotopic (exact) mass is 241 g/mol. The minimum absolute atomic E-state index is 0.279. The Balaban J connectivity index is 2.18. The van der Waals surface area contributed by atoms with Gasteiger partial charge < -0.3 is 9.88 Å². The molecule has 18 heavy (non-hydrogen) atoms. The van der Waals surface area contributed by atoms with Crippen LogP contribution >= 0.6 is 0 Å². The number of hydrogen-bond acceptors (Lipinski definition) is 2. The van der Waals surface area contributed by atoms with Gasteiger partial charge in [0.25, 0.3) is 0 Å². The molecular formula is C14H12FN3. The van der Waals surface area contributed by atoms with Gasteiger partial charge in [0.15, 0.2) is 0 Å². The lowest BCUT2D eigenvalue weighted by atomic mass is 10.1. The van der Waals surface area contributed by atoms with E-state index in [1.807, 2.05) is 16.7 Å². The molecule has 0 radical (unpaired) electrons. The van der Waals surface area contributed by atoms with E-state index in [0.717, 1.165) is 36.5 Å². The molecule has 0 atom stereocenters. The maximum atomic E-state index is 13.3. The summed E-state index contributed by atoms with van der Waals surface area (Å²) in [6.07, 6.45) is 0. The van der Waals surface area contributed by atoms with Crippen LogP contribution in [-0.4, -0.2) is 11.1 Å². The van der Waals surface area contributed by atoms with Gasteiger partial charge in [-0.3, -0.25) is 0 Å². The Morgan fingerprint density at radius 1 is 1.33 bits per heavy atom. The van der Waals surface area contributed by atoms with Crippen LogP contribution in [0.5, 0.6) is 0 Å². The molecule has 4 heteroatoms. The lowest BCUT2D eigenvalue weighted by Crippen LogP contribution is -2.28. The van der Waals surface area contributed by atoms with Crippen LogP contribution in [-0.2, 0) is 13.1 Å². The Morgan fingerprint density at radius 2 is 2.22 bits per heavy atom. The number of benzene rings is 1. The highest BCUT2D eigenvalue weighted by Crippen LogP contribution is 2.28. The topological polar surface area (TPSA) is 40.8 Å². The SMILES string of the molecule is N#Cc1c(-c2cccc(F)c2)cc2n1CCNC2. The van der Waals surface area contributed by atoms with Gasteiger partial charge in [0, 0.05) is 30.9 Å². The third kappa shape index (κ3) is 1.69. The number of aromatic nitrogens is 1. The van der Waals surface area contributed by atoms with E-state index >= 15 is 0 Å². The molecule has 0 amide bonds. The van der Waals surface area contributed by atoms with Gasteiger partial charge in [-0.25, -0.2) is 4.39 Å². The van der Waals surface area contributed by atoms with Gasteiger partial charge in [-0.2, -0.15) is 5.26 Å². The van der Waals surface area contributed by atoms with Crippen molar-refractivity contribution in [3.8, 4) is 17.2 Å². The second-order valence-electron chi connectivity index (χ2n) is 4.35. The first-order valence-corrected chi connectivity index (χ1v) is 5.89. The van der Waals surface area contributed by atoms with Gasteiger partial charge >= 0.3 is 0 Å². The summed E-state index contributed by atoms with van der Waals surface area (Å²) in [5.41, 5.74) is 3.28. The molecule has 3 nitrogen and oxygen atoms in total. The van der Waals surface area contributed by atoms with Crippen molar-refractivity contribution in [3.05, 3.63) is 47.5 Å². The van der Waals surface area contributed by atoms with Gasteiger partial charge in [0.05, 0.1) is 0 Å². The first kappa shape index (κ1) is 11.0. The number of hydrogen-bond donors (Lipinski definition) is 1. The van der Waals surface area contributed by atoms with Crippen LogP contribution in [0.3, 0.4) is 0 Å². The molecule has 1 aliphatic rings. The molecule has 1 N–H and O–H groups in total. The number of fused-ring (bicyclic) bond motifs is 1. The highest BCUT2D eigenvalue weighted by atomic mass is 19.1. The first-order chi connectivity index (χ1) is 8.79. The molecule has 2 aromatic rings. The first-order valence-electron chi connectivity index (χ1n) is 5.89. The Morgan fingerprint density at radius 3 is 3.00 bits per heavy atom. The van der Waals surface area contributed by atoms with E-state index in [2.05, 4.69) is 11.4 Å². The van der Waals surface area contributed by atoms with E-state index in [1.54, 1.807) is 6.07 Å². The van der Waals surface area contributed by atoms with Crippen LogP contribution in [0.1, 0.15) is 11.4 Å². The molecule has 2 heterocycles. The summed E-state index contributed by atoms with van der Waals surface area (Å²) in [4.78, 5) is 0. The summed E-state index contributed by atoms with van der Waals surface area (Å²) in [6.45, 7) is 2.40. The van der Waals surface area contributed by atoms with Crippen LogP contribution < -0.4 is 5.32 Å². The summed E-state index contributed by atoms with van der Waals surface area (Å²) in [5.74, 6) is -0.279. The quantitative estimate of drug-likeness (QED) is 0.832. The van der Waals surface area contributed by atoms with Gasteiger partial charge in [0.1, 0.15) is 17.6 Å². The Hall–Kier alpha value is -2.12. The van der Waals surface area contributed by atoms with Crippen LogP contribution in [0, 0.1) is 17.1 Å². The van der Waals surface area contributed by atoms with E-state index in [-0.39, 0.29) is 5.82 Å². The predicted octanol–water partition coefficient (Wildman–Crippen LogP) is 2.27. The summed E-state index contributed by atoms with van der Waals surface area (Å²) in [5, 5.41) is 12.6. The highest BCUT2D eigenvalue weighted by molar-refractivity contribution is 5.70. The maximum absolute atomic E-state index is 13.3. The normalized spacial score (nSPS) is 14.0. The van der Waals surface area contributed by atoms with Crippen molar-refractivity contribution >= 4 is 0 Å². The summed E-state index contributed by atoms with van der Waals surface area (Å²) >= 11 is 0. The molecule has 0 saturated carbocycles. The molecular weight excluding hydrogens is 229 g/mol. The molecule has 0 spiro atoms. The second-order valence-corrected chi connectivity index (χ2v) is 4.35. The summed E-state index contributed by atoms with van der Waals surface area (Å²) in [7, 11) is 0. The molecule has 1 aliphatic heterocycles. The average Bonchev–Trinajstić information content (AvgIpc) is 2.77. The lowest BCUT2D eigenvalue weighted by molar-refractivity contribution is 0.513. The Bertz CT molecular complexity index is 637. The molecule has 0 unspecified atom stereocenters. The van der Waals surface area contributed by atoms with Crippen LogP contribution in [0.2, 0.25) is 0 Å². The second kappa shape index (κ2) is 4.28. The zero-order valence-electron chi connectivity index (χ0n) is 9.78. The average molecular weight is 241 g/mol. The molecule has 3 rings (SSSR count). The molecule has 1 aromatic carbocycles. The molecule has 1 aromatic heterocycles. The van der Waals surface area contributed by atoms with Gasteiger partial charge in [-0.05, 0) is 23.8 Å². The van der Waals surface area contributed by atoms with E-state index < -0.39 is 0 Å². The molecule has 0 saturated heterocycles. The maximum Gasteiger partial charge on any atom is 0.128 e. The predicted molar refractivity (Wildman–Crippen MR) is 66.2 cm³/mol. The Labute approximate surface area is 104 Å².